The third-order valence-electron chi connectivity index (χ3n) is 4.24. The standard InChI is InChI=1S/C16H20ClNO5S/c17-12-5-7-13(8-6-12)24(22,23)11-14(19)18-16(15(20)21)9-3-1-2-4-10-16/h5-8H,1-4,9-11H2,(H,18,19)(H,20,21). The summed E-state index contributed by atoms with van der Waals surface area (Å²) >= 11 is 5.73. The predicted molar refractivity (Wildman–Crippen MR) is 89.7 cm³/mol. The van der Waals surface area contributed by atoms with Gasteiger partial charge in [-0.05, 0) is 37.1 Å². The zero-order valence-electron chi connectivity index (χ0n) is 13.1. The maximum atomic E-state index is 12.3. The van der Waals surface area contributed by atoms with Crippen LogP contribution in [0.3, 0.4) is 0 Å². The average Bonchev–Trinajstić information content (AvgIpc) is 2.73. The van der Waals surface area contributed by atoms with E-state index in [1.54, 1.807) is 0 Å². The number of sulfone groups is 1. The number of halogens is 1. The minimum atomic E-state index is -3.85. The predicted octanol–water partition coefficient (Wildman–Crippen LogP) is 2.41. The number of hydrogen-bond acceptors (Lipinski definition) is 4. The van der Waals surface area contributed by atoms with E-state index < -0.39 is 33.0 Å². The monoisotopic (exact) mass is 373 g/mol. The molecule has 2 rings (SSSR count). The molecule has 0 radical (unpaired) electrons. The molecule has 0 heterocycles. The molecule has 1 fully saturated rings. The normalized spacial score (nSPS) is 17.7. The van der Waals surface area contributed by atoms with E-state index in [0.717, 1.165) is 12.8 Å². The van der Waals surface area contributed by atoms with Gasteiger partial charge in [-0.2, -0.15) is 0 Å². The molecule has 1 aromatic rings. The number of carboxylic acid groups (broad SMARTS) is 1. The van der Waals surface area contributed by atoms with E-state index in [1.165, 1.54) is 24.3 Å². The SMILES string of the molecule is O=C(CS(=O)(=O)c1ccc(Cl)cc1)NC1(C(=O)O)CCCCCC1. The van der Waals surface area contributed by atoms with Gasteiger partial charge in [-0.15, -0.1) is 0 Å². The molecule has 0 aromatic heterocycles. The van der Waals surface area contributed by atoms with Gasteiger partial charge in [-0.1, -0.05) is 37.3 Å². The summed E-state index contributed by atoms with van der Waals surface area (Å²) in [5.74, 6) is -2.69. The van der Waals surface area contributed by atoms with Crippen molar-refractivity contribution in [2.24, 2.45) is 0 Å². The number of carbonyl (C=O) groups is 2. The number of aliphatic carboxylic acids is 1. The lowest BCUT2D eigenvalue weighted by Crippen LogP contribution is -2.55. The summed E-state index contributed by atoms with van der Waals surface area (Å²) in [4.78, 5) is 23.8. The van der Waals surface area contributed by atoms with E-state index in [4.69, 9.17) is 11.6 Å². The van der Waals surface area contributed by atoms with Crippen molar-refractivity contribution in [2.45, 2.75) is 49.0 Å². The van der Waals surface area contributed by atoms with Gasteiger partial charge in [-0.25, -0.2) is 13.2 Å². The number of nitrogens with one attached hydrogen (secondary N) is 1. The van der Waals surface area contributed by atoms with Gasteiger partial charge in [0.25, 0.3) is 0 Å². The number of benzene rings is 1. The summed E-state index contributed by atoms with van der Waals surface area (Å²) in [6, 6.07) is 5.50. The molecule has 0 spiro atoms. The van der Waals surface area contributed by atoms with Crippen molar-refractivity contribution in [3.8, 4) is 0 Å². The highest BCUT2D eigenvalue weighted by atomic mass is 35.5. The first-order chi connectivity index (χ1) is 11.3. The van der Waals surface area contributed by atoms with Crippen molar-refractivity contribution in [2.75, 3.05) is 5.75 Å². The van der Waals surface area contributed by atoms with Crippen molar-refractivity contribution in [3.63, 3.8) is 0 Å². The molecule has 132 valence electrons. The fraction of sp³-hybridized carbons (Fsp3) is 0.500. The van der Waals surface area contributed by atoms with Crippen LogP contribution >= 0.6 is 11.6 Å². The zero-order valence-corrected chi connectivity index (χ0v) is 14.7. The van der Waals surface area contributed by atoms with Crippen LogP contribution in [0.25, 0.3) is 0 Å². The van der Waals surface area contributed by atoms with Crippen LogP contribution in [0.4, 0.5) is 0 Å². The minimum Gasteiger partial charge on any atom is -0.480 e. The van der Waals surface area contributed by atoms with Crippen LogP contribution in [0.1, 0.15) is 38.5 Å². The minimum absolute atomic E-state index is 0.0210. The second-order valence-electron chi connectivity index (χ2n) is 6.06. The van der Waals surface area contributed by atoms with Crippen molar-refractivity contribution in [3.05, 3.63) is 29.3 Å². The number of carbonyl (C=O) groups excluding carboxylic acids is 1. The summed E-state index contributed by atoms with van der Waals surface area (Å²) in [6.07, 6.45) is 3.83. The molecule has 1 saturated carbocycles. The van der Waals surface area contributed by atoms with Crippen molar-refractivity contribution in [1.29, 1.82) is 0 Å². The Morgan fingerprint density at radius 2 is 1.62 bits per heavy atom. The molecule has 1 amide bonds. The Labute approximate surface area is 146 Å². The highest BCUT2D eigenvalue weighted by Gasteiger charge is 2.40. The molecule has 1 aliphatic rings. The van der Waals surface area contributed by atoms with Crippen molar-refractivity contribution < 1.29 is 23.1 Å². The van der Waals surface area contributed by atoms with E-state index in [2.05, 4.69) is 5.32 Å². The lowest BCUT2D eigenvalue weighted by atomic mass is 9.90. The van der Waals surface area contributed by atoms with Gasteiger partial charge in [0.2, 0.25) is 5.91 Å². The molecule has 24 heavy (non-hydrogen) atoms. The Balaban J connectivity index is 2.13. The van der Waals surface area contributed by atoms with Crippen LogP contribution < -0.4 is 5.32 Å². The molecule has 0 bridgehead atoms. The summed E-state index contributed by atoms with van der Waals surface area (Å²) in [5.41, 5.74) is -1.37. The van der Waals surface area contributed by atoms with Gasteiger partial charge in [0.05, 0.1) is 4.90 Å². The molecule has 1 aliphatic carbocycles. The largest absolute Gasteiger partial charge is 0.480 e. The highest BCUT2D eigenvalue weighted by molar-refractivity contribution is 7.92. The lowest BCUT2D eigenvalue weighted by Gasteiger charge is -2.29. The first-order valence-electron chi connectivity index (χ1n) is 7.78. The number of hydrogen-bond donors (Lipinski definition) is 2. The van der Waals surface area contributed by atoms with Crippen LogP contribution in [0, 0.1) is 0 Å². The van der Waals surface area contributed by atoms with Gasteiger partial charge >= 0.3 is 5.97 Å². The van der Waals surface area contributed by atoms with Crippen LogP contribution in [-0.4, -0.2) is 36.7 Å². The van der Waals surface area contributed by atoms with Crippen LogP contribution in [-0.2, 0) is 19.4 Å². The van der Waals surface area contributed by atoms with Gasteiger partial charge in [-0.3, -0.25) is 4.79 Å². The summed E-state index contributed by atoms with van der Waals surface area (Å²) in [7, 11) is -3.85. The first kappa shape index (κ1) is 18.7. The lowest BCUT2D eigenvalue weighted by molar-refractivity contribution is -0.148. The third kappa shape index (κ3) is 4.48. The Morgan fingerprint density at radius 1 is 1.08 bits per heavy atom. The number of amides is 1. The second kappa shape index (κ2) is 7.53. The van der Waals surface area contributed by atoms with Crippen molar-refractivity contribution >= 4 is 33.3 Å². The molecular weight excluding hydrogens is 354 g/mol. The van der Waals surface area contributed by atoms with Gasteiger partial charge < -0.3 is 10.4 Å². The molecule has 0 unspecified atom stereocenters. The Morgan fingerprint density at radius 3 is 2.12 bits per heavy atom. The highest BCUT2D eigenvalue weighted by Crippen LogP contribution is 2.27. The van der Waals surface area contributed by atoms with E-state index in [1.807, 2.05) is 0 Å². The molecule has 0 saturated heterocycles. The third-order valence-corrected chi connectivity index (χ3v) is 6.12. The second-order valence-corrected chi connectivity index (χ2v) is 8.49. The molecular formula is C16H20ClNO5S. The van der Waals surface area contributed by atoms with E-state index in [9.17, 15) is 23.1 Å². The number of carboxylic acids is 1. The fourth-order valence-corrected chi connectivity index (χ4v) is 4.19. The van der Waals surface area contributed by atoms with Crippen molar-refractivity contribution in [1.82, 2.24) is 5.32 Å². The molecule has 2 N–H and O–H groups in total. The van der Waals surface area contributed by atoms with Crippen LogP contribution in [0.2, 0.25) is 5.02 Å². The topological polar surface area (TPSA) is 101 Å². The zero-order chi connectivity index (χ0) is 17.8. The summed E-state index contributed by atoms with van der Waals surface area (Å²) in [5, 5.41) is 12.4. The van der Waals surface area contributed by atoms with E-state index >= 15 is 0 Å². The van der Waals surface area contributed by atoms with Crippen LogP contribution in [0.15, 0.2) is 29.2 Å². The Kier molecular flexibility index (Phi) is 5.87. The Hall–Kier alpha value is -1.60. The molecule has 0 aliphatic heterocycles. The smallest absolute Gasteiger partial charge is 0.329 e. The molecule has 0 atom stereocenters. The maximum Gasteiger partial charge on any atom is 0.329 e. The average molecular weight is 374 g/mol. The molecule has 1 aromatic carbocycles. The quantitative estimate of drug-likeness (QED) is 0.772. The van der Waals surface area contributed by atoms with E-state index in [-0.39, 0.29) is 4.90 Å². The Bertz CT molecular complexity index is 706. The summed E-state index contributed by atoms with van der Waals surface area (Å²) in [6.45, 7) is 0. The van der Waals surface area contributed by atoms with E-state index in [0.29, 0.717) is 30.7 Å². The van der Waals surface area contributed by atoms with Gasteiger partial charge in [0, 0.05) is 5.02 Å². The van der Waals surface area contributed by atoms with Gasteiger partial charge in [0.1, 0.15) is 11.3 Å². The fourth-order valence-electron chi connectivity index (χ4n) is 2.93. The van der Waals surface area contributed by atoms with Crippen LogP contribution in [0.5, 0.6) is 0 Å². The first-order valence-corrected chi connectivity index (χ1v) is 9.81. The molecule has 6 nitrogen and oxygen atoms in total. The molecule has 8 heteroatoms. The maximum absolute atomic E-state index is 12.3. The van der Waals surface area contributed by atoms with Gasteiger partial charge in [0.15, 0.2) is 9.84 Å². The summed E-state index contributed by atoms with van der Waals surface area (Å²) < 4.78 is 24.6. The number of rotatable bonds is 5.